The molecule has 0 saturated carbocycles. The van der Waals surface area contributed by atoms with E-state index in [0.717, 1.165) is 19.3 Å². The van der Waals surface area contributed by atoms with Crippen LogP contribution >= 0.6 is 0 Å². The summed E-state index contributed by atoms with van der Waals surface area (Å²) >= 11 is 0. The lowest BCUT2D eigenvalue weighted by Crippen LogP contribution is -2.31. The lowest BCUT2D eigenvalue weighted by molar-refractivity contribution is 0.0950. The van der Waals surface area contributed by atoms with Gasteiger partial charge < -0.3 is 9.67 Å². The third-order valence-corrected chi connectivity index (χ3v) is 4.61. The first-order valence-corrected chi connectivity index (χ1v) is 9.46. The van der Waals surface area contributed by atoms with E-state index in [4.69, 9.17) is 0 Å². The van der Waals surface area contributed by atoms with Gasteiger partial charge in [0.25, 0.3) is 11.5 Å². The summed E-state index contributed by atoms with van der Waals surface area (Å²) in [7, 11) is 0. The van der Waals surface area contributed by atoms with Gasteiger partial charge in [0.2, 0.25) is 0 Å². The van der Waals surface area contributed by atoms with Gasteiger partial charge in [-0.05, 0) is 36.2 Å². The van der Waals surface area contributed by atoms with E-state index in [-0.39, 0.29) is 17.1 Å². The van der Waals surface area contributed by atoms with Gasteiger partial charge in [-0.25, -0.2) is 9.82 Å². The highest BCUT2D eigenvalue weighted by Gasteiger charge is 2.21. The van der Waals surface area contributed by atoms with Gasteiger partial charge in [0.15, 0.2) is 0 Å². The third kappa shape index (κ3) is 4.51. The van der Waals surface area contributed by atoms with Crippen LogP contribution in [0.1, 0.15) is 42.1 Å². The Morgan fingerprint density at radius 3 is 2.62 bits per heavy atom. The summed E-state index contributed by atoms with van der Waals surface area (Å²) in [6, 6.07) is 12.5. The number of amides is 1. The molecule has 1 heterocycles. The van der Waals surface area contributed by atoms with Crippen LogP contribution in [-0.4, -0.2) is 21.8 Å². The molecule has 2 aromatic carbocycles. The topological polar surface area (TPSA) is 83.7 Å². The molecule has 2 N–H and O–H groups in total. The predicted molar refractivity (Wildman–Crippen MR) is 111 cm³/mol. The highest BCUT2D eigenvalue weighted by Crippen LogP contribution is 2.26. The molecule has 3 rings (SSSR count). The van der Waals surface area contributed by atoms with Crippen molar-refractivity contribution >= 4 is 23.0 Å². The quantitative estimate of drug-likeness (QED) is 0.363. The maximum absolute atomic E-state index is 13.0. The number of nitrogens with one attached hydrogen (secondary N) is 1. The monoisotopic (exact) mass is 395 g/mol. The van der Waals surface area contributed by atoms with Crippen molar-refractivity contribution in [1.29, 1.82) is 0 Å². The molecule has 6 nitrogen and oxygen atoms in total. The van der Waals surface area contributed by atoms with Crippen molar-refractivity contribution in [2.75, 3.05) is 0 Å². The second-order valence-corrected chi connectivity index (χ2v) is 6.66. The third-order valence-electron chi connectivity index (χ3n) is 4.61. The van der Waals surface area contributed by atoms with E-state index in [9.17, 15) is 19.1 Å². The molecule has 0 atom stereocenters. The normalized spacial score (nSPS) is 11.2. The molecule has 0 saturated heterocycles. The summed E-state index contributed by atoms with van der Waals surface area (Å²) in [4.78, 5) is 25.6. The smallest absolute Gasteiger partial charge is 0.280 e. The molecule has 29 heavy (non-hydrogen) atoms. The SMILES string of the molecule is CCCCCn1c(=O)c(C(=O)N/N=C\c2ccc(F)cc2)c(O)c2ccccc21. The number of carbonyl (C=O) groups is 1. The summed E-state index contributed by atoms with van der Waals surface area (Å²) in [5, 5.41) is 14.8. The molecule has 0 bridgehead atoms. The number of para-hydroxylation sites is 1. The van der Waals surface area contributed by atoms with Gasteiger partial charge in [0.05, 0.1) is 11.7 Å². The minimum atomic E-state index is -0.805. The zero-order valence-electron chi connectivity index (χ0n) is 16.1. The van der Waals surface area contributed by atoms with Crippen LogP contribution in [-0.2, 0) is 6.54 Å². The molecule has 0 fully saturated rings. The molecule has 3 aromatic rings. The van der Waals surface area contributed by atoms with Gasteiger partial charge in [-0.2, -0.15) is 5.10 Å². The van der Waals surface area contributed by atoms with E-state index in [1.165, 1.54) is 35.0 Å². The number of hydrogen-bond donors (Lipinski definition) is 2. The Labute approximate surface area is 167 Å². The number of nitrogens with zero attached hydrogens (tertiary/aromatic N) is 2. The summed E-state index contributed by atoms with van der Waals surface area (Å²) in [6.45, 7) is 2.52. The number of unbranched alkanes of at least 4 members (excludes halogenated alkanes) is 2. The van der Waals surface area contributed by atoms with Crippen LogP contribution in [0.15, 0.2) is 58.4 Å². The molecule has 0 radical (unpaired) electrons. The predicted octanol–water partition coefficient (Wildman–Crippen LogP) is 3.80. The number of aromatic nitrogens is 1. The van der Waals surface area contributed by atoms with Crippen LogP contribution in [0.4, 0.5) is 4.39 Å². The Morgan fingerprint density at radius 1 is 1.17 bits per heavy atom. The summed E-state index contributed by atoms with van der Waals surface area (Å²) < 4.78 is 14.5. The van der Waals surface area contributed by atoms with Crippen molar-refractivity contribution in [2.45, 2.75) is 32.7 Å². The molecule has 0 aliphatic heterocycles. The van der Waals surface area contributed by atoms with E-state index < -0.39 is 11.5 Å². The molecule has 0 unspecified atom stereocenters. The molecule has 0 spiro atoms. The zero-order valence-corrected chi connectivity index (χ0v) is 16.1. The average Bonchev–Trinajstić information content (AvgIpc) is 2.72. The number of benzene rings is 2. The fourth-order valence-corrected chi connectivity index (χ4v) is 3.11. The van der Waals surface area contributed by atoms with Gasteiger partial charge in [-0.3, -0.25) is 9.59 Å². The molecule has 1 aromatic heterocycles. The van der Waals surface area contributed by atoms with Crippen molar-refractivity contribution < 1.29 is 14.3 Å². The first kappa shape index (κ1) is 20.3. The van der Waals surface area contributed by atoms with Crippen LogP contribution in [0.3, 0.4) is 0 Å². The first-order chi connectivity index (χ1) is 14.0. The Hall–Kier alpha value is -3.48. The molecular weight excluding hydrogens is 373 g/mol. The van der Waals surface area contributed by atoms with E-state index in [1.807, 2.05) is 0 Å². The van der Waals surface area contributed by atoms with E-state index >= 15 is 0 Å². The number of aromatic hydroxyl groups is 1. The van der Waals surface area contributed by atoms with Crippen molar-refractivity contribution in [3.05, 3.63) is 75.8 Å². The van der Waals surface area contributed by atoms with Gasteiger partial charge >= 0.3 is 0 Å². The van der Waals surface area contributed by atoms with Crippen LogP contribution in [0, 0.1) is 5.82 Å². The van der Waals surface area contributed by atoms with Crippen molar-refractivity contribution in [3.63, 3.8) is 0 Å². The molecule has 0 aliphatic rings. The maximum atomic E-state index is 13.0. The van der Waals surface area contributed by atoms with E-state index in [2.05, 4.69) is 17.5 Å². The summed E-state index contributed by atoms with van der Waals surface area (Å²) in [5.41, 5.74) is 2.51. The largest absolute Gasteiger partial charge is 0.506 e. The van der Waals surface area contributed by atoms with E-state index in [0.29, 0.717) is 23.0 Å². The number of halogens is 1. The Morgan fingerprint density at radius 2 is 1.90 bits per heavy atom. The second kappa shape index (κ2) is 9.14. The van der Waals surface area contributed by atoms with Crippen molar-refractivity contribution in [3.8, 4) is 5.75 Å². The van der Waals surface area contributed by atoms with Gasteiger partial charge in [-0.15, -0.1) is 0 Å². The molecular formula is C22H22FN3O3. The molecule has 7 heteroatoms. The molecule has 0 aliphatic carbocycles. The van der Waals surface area contributed by atoms with Crippen LogP contribution < -0.4 is 11.0 Å². The number of hydrogen-bond acceptors (Lipinski definition) is 4. The number of fused-ring (bicyclic) bond motifs is 1. The lowest BCUT2D eigenvalue weighted by Gasteiger charge is -2.14. The maximum Gasteiger partial charge on any atom is 0.280 e. The van der Waals surface area contributed by atoms with Gasteiger partial charge in [-0.1, -0.05) is 44.0 Å². The fourth-order valence-electron chi connectivity index (χ4n) is 3.11. The Balaban J connectivity index is 1.94. The number of hydrazone groups is 1. The minimum absolute atomic E-state index is 0.351. The number of pyridine rings is 1. The zero-order chi connectivity index (χ0) is 20.8. The van der Waals surface area contributed by atoms with Crippen LogP contribution in [0.25, 0.3) is 10.9 Å². The number of aryl methyl sites for hydroxylation is 1. The fraction of sp³-hybridized carbons (Fsp3) is 0.227. The minimum Gasteiger partial charge on any atom is -0.506 e. The molecule has 1 amide bonds. The highest BCUT2D eigenvalue weighted by molar-refractivity contribution is 6.02. The van der Waals surface area contributed by atoms with E-state index in [1.54, 1.807) is 24.3 Å². The lowest BCUT2D eigenvalue weighted by atomic mass is 10.1. The van der Waals surface area contributed by atoms with Crippen LogP contribution in [0.2, 0.25) is 0 Å². The van der Waals surface area contributed by atoms with Gasteiger partial charge in [0, 0.05) is 11.9 Å². The standard InChI is InChI=1S/C22H22FN3O3/c1-2-3-6-13-26-18-8-5-4-7-17(18)20(27)19(22(26)29)21(28)25-24-14-15-9-11-16(23)12-10-15/h4-5,7-12,14,27H,2-3,6,13H2,1H3,(H,25,28)/b24-14-. The van der Waals surface area contributed by atoms with Crippen molar-refractivity contribution in [1.82, 2.24) is 9.99 Å². The number of carbonyl (C=O) groups excluding carboxylic acids is 1. The van der Waals surface area contributed by atoms with Gasteiger partial charge in [0.1, 0.15) is 17.1 Å². The Bertz CT molecular complexity index is 1100. The Kier molecular flexibility index (Phi) is 6.39. The summed E-state index contributed by atoms with van der Waals surface area (Å²) in [5.74, 6) is -1.55. The first-order valence-electron chi connectivity index (χ1n) is 9.46. The van der Waals surface area contributed by atoms with Crippen LogP contribution in [0.5, 0.6) is 5.75 Å². The number of rotatable bonds is 7. The average molecular weight is 395 g/mol. The highest BCUT2D eigenvalue weighted by atomic mass is 19.1. The summed E-state index contributed by atoms with van der Waals surface area (Å²) in [6.07, 6.45) is 4.06. The van der Waals surface area contributed by atoms with Crippen molar-refractivity contribution in [2.24, 2.45) is 5.10 Å². The molecule has 150 valence electrons. The second-order valence-electron chi connectivity index (χ2n) is 6.66.